The first-order chi connectivity index (χ1) is 11.6. The Morgan fingerprint density at radius 1 is 1.33 bits per heavy atom. The summed E-state index contributed by atoms with van der Waals surface area (Å²) in [5.74, 6) is -0.0528. The van der Waals surface area contributed by atoms with E-state index in [2.05, 4.69) is 20.2 Å². The van der Waals surface area contributed by atoms with Gasteiger partial charge in [0, 0.05) is 13.1 Å². The first-order valence-electron chi connectivity index (χ1n) is 8.24. The van der Waals surface area contributed by atoms with Gasteiger partial charge in [-0.25, -0.2) is 4.98 Å². The molecule has 7 nitrogen and oxygen atoms in total. The second-order valence-electron chi connectivity index (χ2n) is 6.13. The highest BCUT2D eigenvalue weighted by Gasteiger charge is 2.32. The molecule has 2 atom stereocenters. The molecule has 1 aromatic heterocycles. The zero-order valence-electron chi connectivity index (χ0n) is 13.7. The number of imidazole rings is 1. The first-order valence-corrected chi connectivity index (χ1v) is 8.24. The molecule has 3 N–H and O–H groups in total. The number of aryl methyl sites for hydroxylation is 2. The maximum Gasteiger partial charge on any atom is 0.320 e. The second kappa shape index (κ2) is 7.00. The van der Waals surface area contributed by atoms with Crippen LogP contribution in [0.4, 0.5) is 0 Å². The number of nitrogens with one attached hydrogen (secondary N) is 2. The van der Waals surface area contributed by atoms with Gasteiger partial charge in [0.1, 0.15) is 11.9 Å². The number of aromatic nitrogens is 2. The van der Waals surface area contributed by atoms with Crippen molar-refractivity contribution in [3.05, 3.63) is 30.1 Å². The zero-order chi connectivity index (χ0) is 17.1. The van der Waals surface area contributed by atoms with Gasteiger partial charge in [-0.15, -0.1) is 0 Å². The number of para-hydroxylation sites is 2. The Balaban J connectivity index is 1.48. The topological polar surface area (TPSA) is 96.2 Å². The number of amides is 1. The van der Waals surface area contributed by atoms with E-state index >= 15 is 0 Å². The molecular weight excluding hydrogens is 308 g/mol. The average molecular weight is 330 g/mol. The van der Waals surface area contributed by atoms with Crippen LogP contribution < -0.4 is 10.6 Å². The average Bonchev–Trinajstić information content (AvgIpc) is 3.16. The Kier molecular flexibility index (Phi) is 4.80. The van der Waals surface area contributed by atoms with Gasteiger partial charge in [0.15, 0.2) is 0 Å². The van der Waals surface area contributed by atoms with Crippen LogP contribution in [0.5, 0.6) is 0 Å². The van der Waals surface area contributed by atoms with Gasteiger partial charge < -0.3 is 15.0 Å². The van der Waals surface area contributed by atoms with Gasteiger partial charge in [-0.05, 0) is 38.3 Å². The highest BCUT2D eigenvalue weighted by molar-refractivity contribution is 5.84. The van der Waals surface area contributed by atoms with Crippen molar-refractivity contribution in [3.63, 3.8) is 0 Å². The molecule has 0 bridgehead atoms. The number of hydrogen-bond acceptors (Lipinski definition) is 4. The Bertz CT molecular complexity index is 755. The van der Waals surface area contributed by atoms with Crippen molar-refractivity contribution in [1.29, 1.82) is 0 Å². The lowest BCUT2D eigenvalue weighted by Crippen LogP contribution is -2.45. The number of hydrogen-bond donors (Lipinski definition) is 3. The van der Waals surface area contributed by atoms with Crippen molar-refractivity contribution in [1.82, 2.24) is 20.2 Å². The number of benzene rings is 1. The van der Waals surface area contributed by atoms with E-state index in [-0.39, 0.29) is 5.91 Å². The normalized spacial score (nSPS) is 20.4. The van der Waals surface area contributed by atoms with E-state index in [0.717, 1.165) is 29.8 Å². The van der Waals surface area contributed by atoms with Crippen LogP contribution in [0.3, 0.4) is 0 Å². The van der Waals surface area contributed by atoms with E-state index in [1.807, 2.05) is 31.2 Å². The van der Waals surface area contributed by atoms with E-state index in [1.54, 1.807) is 0 Å². The molecule has 0 saturated carbocycles. The predicted octanol–water partition coefficient (Wildman–Crippen LogP) is 1.06. The summed E-state index contributed by atoms with van der Waals surface area (Å²) in [6.45, 7) is 3.32. The van der Waals surface area contributed by atoms with Crippen molar-refractivity contribution in [2.24, 2.45) is 0 Å². The molecule has 0 radical (unpaired) electrons. The van der Waals surface area contributed by atoms with Gasteiger partial charge in [0.25, 0.3) is 0 Å². The highest BCUT2D eigenvalue weighted by atomic mass is 16.4. The van der Waals surface area contributed by atoms with Crippen LogP contribution in [-0.4, -0.2) is 45.2 Å². The molecule has 1 fully saturated rings. The Morgan fingerprint density at radius 2 is 2.08 bits per heavy atom. The Morgan fingerprint density at radius 3 is 2.83 bits per heavy atom. The number of aliphatic carboxylic acids is 1. The maximum absolute atomic E-state index is 12.1. The fourth-order valence-electron chi connectivity index (χ4n) is 3.19. The third kappa shape index (κ3) is 3.41. The number of rotatable bonds is 6. The third-order valence-electron chi connectivity index (χ3n) is 4.46. The lowest BCUT2D eigenvalue weighted by atomic mass is 10.2. The second-order valence-corrected chi connectivity index (χ2v) is 6.13. The van der Waals surface area contributed by atoms with E-state index in [9.17, 15) is 9.59 Å². The minimum absolute atomic E-state index is 0.119. The quantitative estimate of drug-likeness (QED) is 0.688. The molecule has 128 valence electrons. The molecule has 2 aromatic rings. The molecular formula is C17H22N4O3. The zero-order valence-corrected chi connectivity index (χ0v) is 13.7. The predicted molar refractivity (Wildman–Crippen MR) is 89.7 cm³/mol. The van der Waals surface area contributed by atoms with Crippen LogP contribution in [0.15, 0.2) is 24.3 Å². The van der Waals surface area contributed by atoms with Crippen LogP contribution >= 0.6 is 0 Å². The Hall–Kier alpha value is -2.41. The molecule has 2 heterocycles. The summed E-state index contributed by atoms with van der Waals surface area (Å²) in [5, 5.41) is 14.7. The molecule has 0 spiro atoms. The van der Waals surface area contributed by atoms with Crippen LogP contribution in [0, 0.1) is 6.92 Å². The number of nitrogens with zero attached hydrogens (tertiary/aromatic N) is 2. The molecule has 1 aliphatic rings. The van der Waals surface area contributed by atoms with Crippen molar-refractivity contribution in [2.75, 3.05) is 6.54 Å². The summed E-state index contributed by atoms with van der Waals surface area (Å²) >= 11 is 0. The molecule has 1 saturated heterocycles. The molecule has 1 aromatic carbocycles. The summed E-state index contributed by atoms with van der Waals surface area (Å²) in [6, 6.07) is 6.99. The minimum Gasteiger partial charge on any atom is -0.480 e. The molecule has 0 aliphatic carbocycles. The van der Waals surface area contributed by atoms with Gasteiger partial charge in [0.2, 0.25) is 5.91 Å². The van der Waals surface area contributed by atoms with E-state index in [0.29, 0.717) is 19.4 Å². The fraction of sp³-hybridized carbons (Fsp3) is 0.471. The van der Waals surface area contributed by atoms with Crippen LogP contribution in [0.25, 0.3) is 11.0 Å². The van der Waals surface area contributed by atoms with Gasteiger partial charge >= 0.3 is 5.97 Å². The van der Waals surface area contributed by atoms with E-state index < -0.39 is 18.1 Å². The molecule has 1 aliphatic heterocycles. The SMILES string of the molecule is Cc1nc2ccccc2n1CCCNC(=O)[C@H]1CC[C@@H](C(=O)O)N1. The largest absolute Gasteiger partial charge is 0.480 e. The number of carboxylic acid groups (broad SMARTS) is 1. The van der Waals surface area contributed by atoms with Gasteiger partial charge in [0.05, 0.1) is 17.1 Å². The molecule has 0 unspecified atom stereocenters. The van der Waals surface area contributed by atoms with Crippen molar-refractivity contribution in [2.45, 2.75) is 44.8 Å². The number of fused-ring (bicyclic) bond motifs is 1. The van der Waals surface area contributed by atoms with E-state index in [4.69, 9.17) is 5.11 Å². The molecule has 3 rings (SSSR count). The van der Waals surface area contributed by atoms with Crippen molar-refractivity contribution in [3.8, 4) is 0 Å². The minimum atomic E-state index is -0.896. The first kappa shape index (κ1) is 16.4. The van der Waals surface area contributed by atoms with Crippen LogP contribution in [0.2, 0.25) is 0 Å². The summed E-state index contributed by atoms with van der Waals surface area (Å²) in [6.07, 6.45) is 1.85. The van der Waals surface area contributed by atoms with Crippen LogP contribution in [-0.2, 0) is 16.1 Å². The highest BCUT2D eigenvalue weighted by Crippen LogP contribution is 2.16. The third-order valence-corrected chi connectivity index (χ3v) is 4.46. The monoisotopic (exact) mass is 330 g/mol. The summed E-state index contributed by atoms with van der Waals surface area (Å²) < 4.78 is 2.15. The van der Waals surface area contributed by atoms with Gasteiger partial charge in [-0.3, -0.25) is 14.9 Å². The number of carboxylic acids is 1. The summed E-state index contributed by atoms with van der Waals surface area (Å²) in [7, 11) is 0. The van der Waals surface area contributed by atoms with Gasteiger partial charge in [-0.2, -0.15) is 0 Å². The van der Waals surface area contributed by atoms with Gasteiger partial charge in [-0.1, -0.05) is 12.1 Å². The summed E-state index contributed by atoms with van der Waals surface area (Å²) in [4.78, 5) is 27.5. The fourth-order valence-corrected chi connectivity index (χ4v) is 3.19. The number of carbonyl (C=O) groups excluding carboxylic acids is 1. The maximum atomic E-state index is 12.1. The standard InChI is InChI=1S/C17H22N4O3/c1-11-19-12-5-2-3-6-15(12)21(11)10-4-9-18-16(22)13-7-8-14(20-13)17(23)24/h2-3,5-6,13-14,20H,4,7-10H2,1H3,(H,18,22)(H,23,24)/t13-,14+/m1/s1. The molecule has 7 heteroatoms. The van der Waals surface area contributed by atoms with Crippen LogP contribution in [0.1, 0.15) is 25.1 Å². The van der Waals surface area contributed by atoms with Crippen molar-refractivity contribution < 1.29 is 14.7 Å². The van der Waals surface area contributed by atoms with Crippen molar-refractivity contribution >= 4 is 22.9 Å². The number of carbonyl (C=O) groups is 2. The summed E-state index contributed by atoms with van der Waals surface area (Å²) in [5.41, 5.74) is 2.08. The Labute approximate surface area is 140 Å². The molecule has 1 amide bonds. The van der Waals surface area contributed by atoms with E-state index in [1.165, 1.54) is 0 Å². The lowest BCUT2D eigenvalue weighted by Gasteiger charge is -2.13. The lowest BCUT2D eigenvalue weighted by molar-refractivity contribution is -0.139. The smallest absolute Gasteiger partial charge is 0.320 e. The molecule has 24 heavy (non-hydrogen) atoms.